The summed E-state index contributed by atoms with van der Waals surface area (Å²) in [6.07, 6.45) is -0.274. The third kappa shape index (κ3) is 5.89. The molecule has 0 aromatic heterocycles. The molecular formula is C13H20N2O3. The first-order valence-electron chi connectivity index (χ1n) is 5.80. The van der Waals surface area contributed by atoms with Crippen molar-refractivity contribution in [1.29, 1.82) is 0 Å². The summed E-state index contributed by atoms with van der Waals surface area (Å²) < 4.78 is 4.39. The number of carbonyl (C=O) groups excluding carboxylic acids is 2. The van der Waals surface area contributed by atoms with Gasteiger partial charge in [-0.2, -0.15) is 0 Å². The van der Waals surface area contributed by atoms with Crippen LogP contribution in [0.5, 0.6) is 0 Å². The van der Waals surface area contributed by atoms with Gasteiger partial charge in [0.25, 0.3) is 0 Å². The molecule has 0 saturated carbocycles. The normalized spacial score (nSPS) is 8.67. The quantitative estimate of drug-likeness (QED) is 0.637. The Labute approximate surface area is 108 Å². The van der Waals surface area contributed by atoms with Crippen LogP contribution in [0, 0.1) is 0 Å². The average Bonchev–Trinajstić information content (AvgIpc) is 2.41. The molecule has 5 heteroatoms. The average molecular weight is 252 g/mol. The highest BCUT2D eigenvalue weighted by molar-refractivity contribution is 6.01. The molecule has 1 aromatic carbocycles. The number of benzene rings is 1. The standard InChI is InChI=1S/C11H14N2O3.C2H6/c1-12-8-3-5-9(6-4-8)13-10(14)7-11(15)16-2;1-2/h3-6,12H,7H2,1-2H3,(H,13,14);1-2H3. The Morgan fingerprint density at radius 2 is 1.61 bits per heavy atom. The number of methoxy groups -OCH3 is 1. The van der Waals surface area contributed by atoms with Gasteiger partial charge in [-0.3, -0.25) is 9.59 Å². The number of hydrogen-bond acceptors (Lipinski definition) is 4. The fourth-order valence-corrected chi connectivity index (χ4v) is 1.13. The minimum absolute atomic E-state index is 0.274. The predicted octanol–water partition coefficient (Wildman–Crippen LogP) is 2.26. The van der Waals surface area contributed by atoms with Crippen molar-refractivity contribution in [1.82, 2.24) is 0 Å². The van der Waals surface area contributed by atoms with Crippen molar-refractivity contribution in [2.75, 3.05) is 24.8 Å². The SMILES string of the molecule is CC.CNc1ccc(NC(=O)CC(=O)OC)cc1. The van der Waals surface area contributed by atoms with Gasteiger partial charge in [0.15, 0.2) is 0 Å². The summed E-state index contributed by atoms with van der Waals surface area (Å²) in [6, 6.07) is 7.16. The van der Waals surface area contributed by atoms with Gasteiger partial charge in [-0.25, -0.2) is 0 Å². The molecule has 5 nitrogen and oxygen atoms in total. The van der Waals surface area contributed by atoms with Gasteiger partial charge in [0.05, 0.1) is 7.11 Å². The molecule has 0 aliphatic carbocycles. The summed E-state index contributed by atoms with van der Waals surface area (Å²) in [6.45, 7) is 4.00. The van der Waals surface area contributed by atoms with E-state index in [2.05, 4.69) is 15.4 Å². The zero-order chi connectivity index (χ0) is 14.0. The molecule has 1 aromatic rings. The number of anilines is 2. The van der Waals surface area contributed by atoms with Crippen LogP contribution < -0.4 is 10.6 Å². The van der Waals surface area contributed by atoms with Gasteiger partial charge in [0.2, 0.25) is 5.91 Å². The van der Waals surface area contributed by atoms with Gasteiger partial charge in [-0.05, 0) is 24.3 Å². The number of carbonyl (C=O) groups is 2. The Hall–Kier alpha value is -2.04. The highest BCUT2D eigenvalue weighted by atomic mass is 16.5. The first-order chi connectivity index (χ1) is 8.65. The lowest BCUT2D eigenvalue weighted by Crippen LogP contribution is -2.17. The number of amides is 1. The molecule has 0 aliphatic heterocycles. The summed E-state index contributed by atoms with van der Waals surface area (Å²) >= 11 is 0. The van der Waals surface area contributed by atoms with Crippen molar-refractivity contribution in [2.24, 2.45) is 0 Å². The van der Waals surface area contributed by atoms with E-state index in [9.17, 15) is 9.59 Å². The first-order valence-corrected chi connectivity index (χ1v) is 5.80. The van der Waals surface area contributed by atoms with E-state index >= 15 is 0 Å². The molecule has 0 saturated heterocycles. The van der Waals surface area contributed by atoms with Gasteiger partial charge in [0.1, 0.15) is 6.42 Å². The Morgan fingerprint density at radius 3 is 2.06 bits per heavy atom. The second kappa shape index (κ2) is 9.04. The first kappa shape index (κ1) is 16.0. The molecule has 18 heavy (non-hydrogen) atoms. The third-order valence-corrected chi connectivity index (χ3v) is 1.99. The molecule has 0 fully saturated rings. The van der Waals surface area contributed by atoms with E-state index in [0.717, 1.165) is 5.69 Å². The van der Waals surface area contributed by atoms with E-state index in [0.29, 0.717) is 5.69 Å². The van der Waals surface area contributed by atoms with Crippen LogP contribution in [-0.4, -0.2) is 26.0 Å². The van der Waals surface area contributed by atoms with Crippen molar-refractivity contribution in [3.05, 3.63) is 24.3 Å². The summed E-state index contributed by atoms with van der Waals surface area (Å²) in [5.41, 5.74) is 1.60. The van der Waals surface area contributed by atoms with Crippen molar-refractivity contribution in [3.63, 3.8) is 0 Å². The van der Waals surface area contributed by atoms with Crippen LogP contribution in [0.15, 0.2) is 24.3 Å². The highest BCUT2D eigenvalue weighted by Gasteiger charge is 2.09. The van der Waals surface area contributed by atoms with Crippen LogP contribution in [0.2, 0.25) is 0 Å². The molecule has 0 heterocycles. The van der Waals surface area contributed by atoms with Crippen molar-refractivity contribution < 1.29 is 14.3 Å². The van der Waals surface area contributed by atoms with Crippen LogP contribution in [0.3, 0.4) is 0 Å². The minimum atomic E-state index is -0.552. The Kier molecular flexibility index (Phi) is 8.01. The second-order valence-corrected chi connectivity index (χ2v) is 3.13. The molecule has 0 aliphatic rings. The molecule has 2 N–H and O–H groups in total. The Balaban J connectivity index is 0.00000137. The molecule has 1 rings (SSSR count). The summed E-state index contributed by atoms with van der Waals surface area (Å²) in [4.78, 5) is 22.1. The third-order valence-electron chi connectivity index (χ3n) is 1.99. The lowest BCUT2D eigenvalue weighted by atomic mass is 10.2. The summed E-state index contributed by atoms with van der Waals surface area (Å²) in [7, 11) is 3.06. The number of rotatable bonds is 4. The van der Waals surface area contributed by atoms with E-state index in [1.54, 1.807) is 12.1 Å². The van der Waals surface area contributed by atoms with Crippen molar-refractivity contribution in [3.8, 4) is 0 Å². The monoisotopic (exact) mass is 252 g/mol. The van der Waals surface area contributed by atoms with E-state index in [-0.39, 0.29) is 12.3 Å². The Bertz CT molecular complexity index is 374. The zero-order valence-corrected chi connectivity index (χ0v) is 11.2. The number of hydrogen-bond donors (Lipinski definition) is 2. The molecule has 0 atom stereocenters. The second-order valence-electron chi connectivity index (χ2n) is 3.13. The zero-order valence-electron chi connectivity index (χ0n) is 11.2. The molecule has 0 radical (unpaired) electrons. The Morgan fingerprint density at radius 1 is 1.11 bits per heavy atom. The van der Waals surface area contributed by atoms with Crippen LogP contribution in [-0.2, 0) is 14.3 Å². The maximum Gasteiger partial charge on any atom is 0.315 e. The summed E-state index contributed by atoms with van der Waals surface area (Å²) in [5.74, 6) is -0.937. The van der Waals surface area contributed by atoms with E-state index in [1.165, 1.54) is 7.11 Å². The molecule has 1 amide bonds. The molecular weight excluding hydrogens is 232 g/mol. The van der Waals surface area contributed by atoms with Crippen molar-refractivity contribution in [2.45, 2.75) is 20.3 Å². The van der Waals surface area contributed by atoms with Crippen LogP contribution >= 0.6 is 0 Å². The fraction of sp³-hybridized carbons (Fsp3) is 0.385. The highest BCUT2D eigenvalue weighted by Crippen LogP contribution is 2.12. The lowest BCUT2D eigenvalue weighted by Gasteiger charge is -2.05. The van der Waals surface area contributed by atoms with E-state index < -0.39 is 5.97 Å². The van der Waals surface area contributed by atoms with Crippen molar-refractivity contribution >= 4 is 23.3 Å². The van der Waals surface area contributed by atoms with Gasteiger partial charge in [-0.1, -0.05) is 13.8 Å². The van der Waals surface area contributed by atoms with Gasteiger partial charge >= 0.3 is 5.97 Å². The summed E-state index contributed by atoms with van der Waals surface area (Å²) in [5, 5.41) is 5.55. The number of nitrogens with one attached hydrogen (secondary N) is 2. The van der Waals surface area contributed by atoms with Crippen LogP contribution in [0.4, 0.5) is 11.4 Å². The number of ether oxygens (including phenoxy) is 1. The maximum absolute atomic E-state index is 11.3. The molecule has 0 bridgehead atoms. The maximum atomic E-state index is 11.3. The fourth-order valence-electron chi connectivity index (χ4n) is 1.13. The molecule has 0 unspecified atom stereocenters. The van der Waals surface area contributed by atoms with E-state index in [1.807, 2.05) is 33.0 Å². The van der Waals surface area contributed by atoms with E-state index in [4.69, 9.17) is 0 Å². The van der Waals surface area contributed by atoms with Gasteiger partial charge in [0, 0.05) is 18.4 Å². The molecule has 100 valence electrons. The van der Waals surface area contributed by atoms with Gasteiger partial charge < -0.3 is 15.4 Å². The smallest absolute Gasteiger partial charge is 0.315 e. The van der Waals surface area contributed by atoms with Crippen LogP contribution in [0.25, 0.3) is 0 Å². The topological polar surface area (TPSA) is 67.4 Å². The van der Waals surface area contributed by atoms with Gasteiger partial charge in [-0.15, -0.1) is 0 Å². The largest absolute Gasteiger partial charge is 0.469 e. The predicted molar refractivity (Wildman–Crippen MR) is 72.6 cm³/mol. The molecule has 0 spiro atoms. The lowest BCUT2D eigenvalue weighted by molar-refractivity contribution is -0.142. The minimum Gasteiger partial charge on any atom is -0.469 e. The number of esters is 1. The van der Waals surface area contributed by atoms with Crippen LogP contribution in [0.1, 0.15) is 20.3 Å².